The molecule has 3 atom stereocenters. The minimum atomic E-state index is -0.777. The van der Waals surface area contributed by atoms with Gasteiger partial charge in [-0.25, -0.2) is 0 Å². The van der Waals surface area contributed by atoms with Crippen LogP contribution in [0.15, 0.2) is 0 Å². The second kappa shape index (κ2) is 8.53. The van der Waals surface area contributed by atoms with Crippen molar-refractivity contribution < 1.29 is 29.2 Å². The van der Waals surface area contributed by atoms with E-state index in [4.69, 9.17) is 14.2 Å². The zero-order chi connectivity index (χ0) is 15.0. The third kappa shape index (κ3) is 5.34. The summed E-state index contributed by atoms with van der Waals surface area (Å²) in [6.07, 6.45) is -0.760. The van der Waals surface area contributed by atoms with Gasteiger partial charge in [-0.2, -0.15) is 0 Å². The van der Waals surface area contributed by atoms with E-state index in [2.05, 4.69) is 5.32 Å². The fraction of sp³-hybridized carbons (Fsp3) is 0.923. The van der Waals surface area contributed by atoms with Crippen LogP contribution in [0, 0.1) is 5.41 Å². The van der Waals surface area contributed by atoms with Gasteiger partial charge in [0, 0.05) is 26.2 Å². The summed E-state index contributed by atoms with van der Waals surface area (Å²) in [5.41, 5.74) is -0.448. The Morgan fingerprint density at radius 3 is 2.40 bits per heavy atom. The molecule has 1 amide bonds. The number of ether oxygens (including phenoxy) is 3. The van der Waals surface area contributed by atoms with Crippen molar-refractivity contribution in [1.29, 1.82) is 0 Å². The topological polar surface area (TPSA) is 97.3 Å². The molecule has 20 heavy (non-hydrogen) atoms. The summed E-state index contributed by atoms with van der Waals surface area (Å²) < 4.78 is 15.2. The number of aliphatic hydroxyl groups excluding tert-OH is 2. The molecule has 0 spiro atoms. The second-order valence-electron chi connectivity index (χ2n) is 5.30. The Morgan fingerprint density at radius 1 is 1.20 bits per heavy atom. The van der Waals surface area contributed by atoms with E-state index < -0.39 is 17.6 Å². The average molecular weight is 291 g/mol. The summed E-state index contributed by atoms with van der Waals surface area (Å²) in [6, 6.07) is 0. The number of carbonyl (C=O) groups excluding carboxylic acids is 1. The molecule has 0 aliphatic heterocycles. The highest BCUT2D eigenvalue weighted by Crippen LogP contribution is 2.38. The smallest absolute Gasteiger partial charge is 0.246 e. The molecule has 1 saturated carbocycles. The number of carbonyl (C=O) groups is 1. The molecular formula is C13H25NO6. The molecular weight excluding hydrogens is 266 g/mol. The van der Waals surface area contributed by atoms with Crippen molar-refractivity contribution in [1.82, 2.24) is 5.32 Å². The molecule has 1 fully saturated rings. The average Bonchev–Trinajstić information content (AvgIpc) is 2.69. The van der Waals surface area contributed by atoms with Gasteiger partial charge < -0.3 is 29.7 Å². The Labute approximate surface area is 119 Å². The summed E-state index contributed by atoms with van der Waals surface area (Å²) in [4.78, 5) is 11.5. The lowest BCUT2D eigenvalue weighted by Gasteiger charge is -2.29. The molecule has 7 nitrogen and oxygen atoms in total. The molecule has 118 valence electrons. The zero-order valence-electron chi connectivity index (χ0n) is 12.1. The molecule has 1 unspecified atom stereocenters. The molecule has 1 aliphatic rings. The Morgan fingerprint density at radius 2 is 1.85 bits per heavy atom. The van der Waals surface area contributed by atoms with Crippen LogP contribution in [-0.4, -0.2) is 75.5 Å². The van der Waals surface area contributed by atoms with Crippen LogP contribution >= 0.6 is 0 Å². The van der Waals surface area contributed by atoms with E-state index in [1.54, 1.807) is 7.11 Å². The quantitative estimate of drug-likeness (QED) is 0.467. The van der Waals surface area contributed by atoms with Crippen LogP contribution in [0.3, 0.4) is 0 Å². The summed E-state index contributed by atoms with van der Waals surface area (Å²) in [5, 5.41) is 22.2. The molecule has 3 N–H and O–H groups in total. The first-order valence-corrected chi connectivity index (χ1v) is 6.71. The molecule has 0 aromatic heterocycles. The number of hydrogen-bond acceptors (Lipinski definition) is 6. The van der Waals surface area contributed by atoms with E-state index >= 15 is 0 Å². The van der Waals surface area contributed by atoms with E-state index in [9.17, 15) is 15.0 Å². The van der Waals surface area contributed by atoms with Gasteiger partial charge in [0.05, 0.1) is 32.0 Å². The van der Waals surface area contributed by atoms with Crippen molar-refractivity contribution in [3.05, 3.63) is 0 Å². The van der Waals surface area contributed by atoms with Crippen molar-refractivity contribution in [2.75, 3.05) is 47.2 Å². The molecule has 7 heteroatoms. The van der Waals surface area contributed by atoms with Gasteiger partial charge in [-0.1, -0.05) is 0 Å². The predicted octanol–water partition coefficient (Wildman–Crippen LogP) is -1.09. The van der Waals surface area contributed by atoms with Crippen LogP contribution in [0.4, 0.5) is 0 Å². The first-order valence-electron chi connectivity index (χ1n) is 6.71. The van der Waals surface area contributed by atoms with Gasteiger partial charge in [-0.05, 0) is 12.8 Å². The highest BCUT2D eigenvalue weighted by molar-refractivity contribution is 5.77. The lowest BCUT2D eigenvalue weighted by Crippen LogP contribution is -2.41. The molecule has 0 aromatic rings. The van der Waals surface area contributed by atoms with Gasteiger partial charge >= 0.3 is 0 Å². The Bertz CT molecular complexity index is 289. The summed E-state index contributed by atoms with van der Waals surface area (Å²) in [5.74, 6) is -0.223. The van der Waals surface area contributed by atoms with Gasteiger partial charge in [0.2, 0.25) is 5.91 Å². The lowest BCUT2D eigenvalue weighted by molar-refractivity contribution is -0.125. The number of rotatable bonds is 9. The van der Waals surface area contributed by atoms with Gasteiger partial charge in [0.25, 0.3) is 0 Å². The van der Waals surface area contributed by atoms with Crippen LogP contribution in [-0.2, 0) is 19.0 Å². The standard InChI is InChI=1S/C13H25NO6/c1-18-3-4-20-9-13(5-10(15)11(16)6-13)8-14-12(17)7-19-2/h10-11,15-16H,3-9H2,1-2H3,(H,14,17)/t10-,11+,13?. The van der Waals surface area contributed by atoms with Crippen LogP contribution < -0.4 is 5.32 Å². The van der Waals surface area contributed by atoms with Crippen LogP contribution in [0.2, 0.25) is 0 Å². The summed E-state index contributed by atoms with van der Waals surface area (Å²) in [7, 11) is 3.04. The van der Waals surface area contributed by atoms with E-state index in [-0.39, 0.29) is 12.5 Å². The number of nitrogens with one attached hydrogen (secondary N) is 1. The van der Waals surface area contributed by atoms with E-state index in [0.29, 0.717) is 39.2 Å². The number of methoxy groups -OCH3 is 2. The van der Waals surface area contributed by atoms with Crippen LogP contribution in [0.5, 0.6) is 0 Å². The van der Waals surface area contributed by atoms with Crippen molar-refractivity contribution in [3.63, 3.8) is 0 Å². The largest absolute Gasteiger partial charge is 0.390 e. The lowest BCUT2D eigenvalue weighted by atomic mass is 9.86. The minimum Gasteiger partial charge on any atom is -0.390 e. The van der Waals surface area contributed by atoms with Gasteiger partial charge in [0.1, 0.15) is 6.61 Å². The fourth-order valence-corrected chi connectivity index (χ4v) is 2.46. The Hall–Kier alpha value is -0.730. The molecule has 1 aliphatic carbocycles. The van der Waals surface area contributed by atoms with E-state index in [1.165, 1.54) is 7.11 Å². The van der Waals surface area contributed by atoms with Gasteiger partial charge in [-0.15, -0.1) is 0 Å². The van der Waals surface area contributed by atoms with Gasteiger partial charge in [0.15, 0.2) is 0 Å². The Balaban J connectivity index is 2.49. The van der Waals surface area contributed by atoms with E-state index in [1.807, 2.05) is 0 Å². The second-order valence-corrected chi connectivity index (χ2v) is 5.30. The summed E-state index contributed by atoms with van der Waals surface area (Å²) >= 11 is 0. The van der Waals surface area contributed by atoms with Crippen molar-refractivity contribution in [3.8, 4) is 0 Å². The highest BCUT2D eigenvalue weighted by atomic mass is 16.5. The third-order valence-electron chi connectivity index (χ3n) is 3.50. The molecule has 0 bridgehead atoms. The van der Waals surface area contributed by atoms with Crippen molar-refractivity contribution in [2.24, 2.45) is 5.41 Å². The van der Waals surface area contributed by atoms with Gasteiger partial charge in [-0.3, -0.25) is 4.79 Å². The van der Waals surface area contributed by atoms with Crippen molar-refractivity contribution in [2.45, 2.75) is 25.0 Å². The van der Waals surface area contributed by atoms with Crippen LogP contribution in [0.25, 0.3) is 0 Å². The van der Waals surface area contributed by atoms with Crippen LogP contribution in [0.1, 0.15) is 12.8 Å². The molecule has 0 heterocycles. The zero-order valence-corrected chi connectivity index (χ0v) is 12.1. The molecule has 0 saturated heterocycles. The monoisotopic (exact) mass is 291 g/mol. The number of aliphatic hydroxyl groups is 2. The first-order chi connectivity index (χ1) is 9.53. The molecule has 1 rings (SSSR count). The molecule has 0 aromatic carbocycles. The Kier molecular flexibility index (Phi) is 7.39. The SMILES string of the molecule is COCCOCC1(CNC(=O)COC)C[C@@H](O)[C@@H](O)C1. The predicted molar refractivity (Wildman–Crippen MR) is 71.3 cm³/mol. The van der Waals surface area contributed by atoms with Crippen molar-refractivity contribution >= 4 is 5.91 Å². The third-order valence-corrected chi connectivity index (χ3v) is 3.50. The number of hydrogen-bond donors (Lipinski definition) is 3. The normalized spacial score (nSPS) is 29.6. The fourth-order valence-electron chi connectivity index (χ4n) is 2.46. The summed E-state index contributed by atoms with van der Waals surface area (Å²) in [6.45, 7) is 1.62. The number of amides is 1. The first kappa shape index (κ1) is 17.3. The molecule has 0 radical (unpaired) electrons. The minimum absolute atomic E-state index is 0.00822. The van der Waals surface area contributed by atoms with E-state index in [0.717, 1.165) is 0 Å². The highest BCUT2D eigenvalue weighted by Gasteiger charge is 2.44. The maximum atomic E-state index is 11.5. The maximum absolute atomic E-state index is 11.5. The maximum Gasteiger partial charge on any atom is 0.246 e.